The highest BCUT2D eigenvalue weighted by Crippen LogP contribution is 2.27. The van der Waals surface area contributed by atoms with Crippen LogP contribution in [0, 0.1) is 6.92 Å². The molecule has 0 atom stereocenters. The maximum absolute atomic E-state index is 10.9. The van der Waals surface area contributed by atoms with Gasteiger partial charge in [-0.1, -0.05) is 11.6 Å². The third-order valence-electron chi connectivity index (χ3n) is 2.39. The van der Waals surface area contributed by atoms with E-state index in [0.717, 1.165) is 10.2 Å². The quantitative estimate of drug-likeness (QED) is 0.890. The fraction of sp³-hybridized carbons (Fsp3) is 0.0833. The highest BCUT2D eigenvalue weighted by atomic mass is 79.9. The van der Waals surface area contributed by atoms with Crippen molar-refractivity contribution in [1.29, 1.82) is 0 Å². The summed E-state index contributed by atoms with van der Waals surface area (Å²) in [5, 5.41) is 12.5. The molecule has 0 saturated heterocycles. The van der Waals surface area contributed by atoms with Gasteiger partial charge in [0.15, 0.2) is 0 Å². The topological polar surface area (TPSA) is 75.1 Å². The Morgan fingerprint density at radius 1 is 1.47 bits per heavy atom. The zero-order valence-corrected chi connectivity index (χ0v) is 12.2. The fourth-order valence-electron chi connectivity index (χ4n) is 1.45. The van der Waals surface area contributed by atoms with Crippen molar-refractivity contribution in [3.05, 3.63) is 45.1 Å². The lowest BCUT2D eigenvalue weighted by Crippen LogP contribution is -2.06. The molecule has 2 rings (SSSR count). The molecular weight excluding hydrogens is 334 g/mol. The van der Waals surface area contributed by atoms with Crippen LogP contribution in [0.1, 0.15) is 16.1 Å². The molecule has 19 heavy (non-hydrogen) atoms. The van der Waals surface area contributed by atoms with E-state index in [2.05, 4.69) is 31.2 Å². The van der Waals surface area contributed by atoms with Gasteiger partial charge >= 0.3 is 5.97 Å². The molecule has 0 aliphatic heterocycles. The summed E-state index contributed by atoms with van der Waals surface area (Å²) in [7, 11) is 0. The summed E-state index contributed by atoms with van der Waals surface area (Å²) < 4.78 is 0.767. The van der Waals surface area contributed by atoms with Crippen LogP contribution in [0.25, 0.3) is 0 Å². The van der Waals surface area contributed by atoms with Crippen molar-refractivity contribution in [2.75, 3.05) is 5.32 Å². The molecule has 1 aromatic carbocycles. The maximum atomic E-state index is 10.9. The van der Waals surface area contributed by atoms with Crippen molar-refractivity contribution in [3.63, 3.8) is 0 Å². The summed E-state index contributed by atoms with van der Waals surface area (Å²) in [6.45, 7) is 1.62. The number of aryl methyl sites for hydroxylation is 1. The largest absolute Gasteiger partial charge is 0.478 e. The molecule has 0 radical (unpaired) electrons. The van der Waals surface area contributed by atoms with Gasteiger partial charge < -0.3 is 10.4 Å². The number of carboxylic acid groups (broad SMARTS) is 1. The summed E-state index contributed by atoms with van der Waals surface area (Å²) in [5.74, 6) is -0.720. The highest BCUT2D eigenvalue weighted by Gasteiger charge is 2.10. The molecule has 2 aromatic rings. The number of halogens is 2. The first-order chi connectivity index (χ1) is 8.97. The number of nitrogens with zero attached hydrogens (tertiary/aromatic N) is 2. The molecule has 0 spiro atoms. The molecule has 0 amide bonds. The van der Waals surface area contributed by atoms with Crippen molar-refractivity contribution in [1.82, 2.24) is 9.97 Å². The average molecular weight is 343 g/mol. The Labute approximate surface area is 122 Å². The summed E-state index contributed by atoms with van der Waals surface area (Å²) in [5.41, 5.74) is 1.22. The molecule has 1 aromatic heterocycles. The predicted molar refractivity (Wildman–Crippen MR) is 76.2 cm³/mol. The molecule has 5 nitrogen and oxygen atoms in total. The number of rotatable bonds is 3. The van der Waals surface area contributed by atoms with Crippen molar-refractivity contribution in [2.45, 2.75) is 6.92 Å². The summed E-state index contributed by atoms with van der Waals surface area (Å²) in [4.78, 5) is 18.9. The van der Waals surface area contributed by atoms with Gasteiger partial charge in [-0.15, -0.1) is 0 Å². The first-order valence-electron chi connectivity index (χ1n) is 5.26. The third-order valence-corrected chi connectivity index (χ3v) is 3.28. The van der Waals surface area contributed by atoms with E-state index in [9.17, 15) is 4.79 Å². The molecule has 0 aliphatic carbocycles. The Morgan fingerprint density at radius 2 is 2.21 bits per heavy atom. The lowest BCUT2D eigenvalue weighted by atomic mass is 10.2. The summed E-state index contributed by atoms with van der Waals surface area (Å²) in [6.07, 6.45) is 1.27. The maximum Gasteiger partial charge on any atom is 0.339 e. The van der Waals surface area contributed by atoms with Gasteiger partial charge in [0.2, 0.25) is 5.95 Å². The van der Waals surface area contributed by atoms with Crippen LogP contribution in [0.2, 0.25) is 5.02 Å². The molecule has 0 bridgehead atoms. The third kappa shape index (κ3) is 3.21. The number of aromatic nitrogens is 2. The van der Waals surface area contributed by atoms with Crippen molar-refractivity contribution < 1.29 is 9.90 Å². The van der Waals surface area contributed by atoms with Gasteiger partial charge in [0.05, 0.1) is 16.9 Å². The first-order valence-corrected chi connectivity index (χ1v) is 6.43. The molecule has 0 aliphatic rings. The Morgan fingerprint density at radius 3 is 2.79 bits per heavy atom. The van der Waals surface area contributed by atoms with Crippen LogP contribution in [0.15, 0.2) is 28.9 Å². The normalized spacial score (nSPS) is 10.3. The number of carbonyl (C=O) groups is 1. The average Bonchev–Trinajstić information content (AvgIpc) is 2.32. The Kier molecular flexibility index (Phi) is 4.01. The molecule has 98 valence electrons. The Bertz CT molecular complexity index is 649. The summed E-state index contributed by atoms with van der Waals surface area (Å²) in [6, 6.07) is 5.24. The van der Waals surface area contributed by atoms with Crippen LogP contribution in [-0.4, -0.2) is 21.0 Å². The number of anilines is 2. The second kappa shape index (κ2) is 5.54. The lowest BCUT2D eigenvalue weighted by Gasteiger charge is -2.08. The standard InChI is InChI=1S/C12H9BrClN3O2/c1-6-8(11(18)19)5-15-12(16-6)17-10-3-2-7(14)4-9(10)13/h2-5H,1H3,(H,18,19)(H,15,16,17). The van der Waals surface area contributed by atoms with Crippen LogP contribution in [0.3, 0.4) is 0 Å². The molecule has 0 fully saturated rings. The number of hydrogen-bond acceptors (Lipinski definition) is 4. The van der Waals surface area contributed by atoms with E-state index >= 15 is 0 Å². The van der Waals surface area contributed by atoms with Crippen molar-refractivity contribution >= 4 is 45.1 Å². The van der Waals surface area contributed by atoms with E-state index in [1.54, 1.807) is 25.1 Å². The van der Waals surface area contributed by atoms with Crippen LogP contribution in [-0.2, 0) is 0 Å². The SMILES string of the molecule is Cc1nc(Nc2ccc(Cl)cc2Br)ncc1C(=O)O. The first kappa shape index (κ1) is 13.8. The van der Waals surface area contributed by atoms with Crippen molar-refractivity contribution in [3.8, 4) is 0 Å². The number of nitrogens with one attached hydrogen (secondary N) is 1. The predicted octanol–water partition coefficient (Wildman–Crippen LogP) is 3.64. The smallest absolute Gasteiger partial charge is 0.339 e. The minimum Gasteiger partial charge on any atom is -0.478 e. The zero-order valence-electron chi connectivity index (χ0n) is 9.82. The van der Waals surface area contributed by atoms with Gasteiger partial charge in [-0.3, -0.25) is 0 Å². The molecule has 7 heteroatoms. The number of carboxylic acids is 1. The van der Waals surface area contributed by atoms with Gasteiger partial charge in [0.1, 0.15) is 0 Å². The van der Waals surface area contributed by atoms with Gasteiger partial charge in [-0.25, -0.2) is 14.8 Å². The van der Waals surface area contributed by atoms with E-state index in [1.165, 1.54) is 6.20 Å². The number of aromatic carboxylic acids is 1. The molecule has 1 heterocycles. The van der Waals surface area contributed by atoms with Gasteiger partial charge in [-0.2, -0.15) is 0 Å². The Balaban J connectivity index is 2.29. The lowest BCUT2D eigenvalue weighted by molar-refractivity contribution is 0.0695. The van der Waals surface area contributed by atoms with Gasteiger partial charge in [0, 0.05) is 15.7 Å². The van der Waals surface area contributed by atoms with Crippen LogP contribution >= 0.6 is 27.5 Å². The highest BCUT2D eigenvalue weighted by molar-refractivity contribution is 9.10. The van der Waals surface area contributed by atoms with Crippen LogP contribution in [0.5, 0.6) is 0 Å². The van der Waals surface area contributed by atoms with E-state index in [4.69, 9.17) is 16.7 Å². The zero-order chi connectivity index (χ0) is 14.0. The number of benzene rings is 1. The minimum atomic E-state index is -1.04. The Hall–Kier alpha value is -1.66. The number of hydrogen-bond donors (Lipinski definition) is 2. The van der Waals surface area contributed by atoms with E-state index in [1.807, 2.05) is 0 Å². The minimum absolute atomic E-state index is 0.0840. The molecular formula is C12H9BrClN3O2. The fourth-order valence-corrected chi connectivity index (χ4v) is 2.23. The van der Waals surface area contributed by atoms with E-state index in [0.29, 0.717) is 16.7 Å². The van der Waals surface area contributed by atoms with Gasteiger partial charge in [-0.05, 0) is 41.1 Å². The molecule has 0 saturated carbocycles. The van der Waals surface area contributed by atoms with E-state index in [-0.39, 0.29) is 5.56 Å². The second-order valence-electron chi connectivity index (χ2n) is 3.75. The van der Waals surface area contributed by atoms with Crippen LogP contribution < -0.4 is 5.32 Å². The van der Waals surface area contributed by atoms with Crippen molar-refractivity contribution in [2.24, 2.45) is 0 Å². The van der Waals surface area contributed by atoms with E-state index < -0.39 is 5.97 Å². The second-order valence-corrected chi connectivity index (χ2v) is 5.04. The van der Waals surface area contributed by atoms with Crippen LogP contribution in [0.4, 0.5) is 11.6 Å². The molecule has 0 unspecified atom stereocenters. The summed E-state index contributed by atoms with van der Waals surface area (Å²) >= 11 is 9.21. The molecule has 2 N–H and O–H groups in total. The van der Waals surface area contributed by atoms with Gasteiger partial charge in [0.25, 0.3) is 0 Å². The monoisotopic (exact) mass is 341 g/mol.